The van der Waals surface area contributed by atoms with Gasteiger partial charge < -0.3 is 10.6 Å². The molecule has 0 saturated heterocycles. The average molecular weight is 414 g/mol. The van der Waals surface area contributed by atoms with Gasteiger partial charge in [-0.15, -0.1) is 11.3 Å². The van der Waals surface area contributed by atoms with E-state index in [0.717, 1.165) is 29.4 Å². The number of halogens is 1. The van der Waals surface area contributed by atoms with Crippen molar-refractivity contribution in [1.29, 1.82) is 0 Å². The molecule has 0 amide bonds. The van der Waals surface area contributed by atoms with E-state index in [4.69, 9.17) is 28.8 Å². The number of thiocarbonyl (C=S) groups is 1. The lowest BCUT2D eigenvalue weighted by Gasteiger charge is -2.45. The van der Waals surface area contributed by atoms with Gasteiger partial charge in [0, 0.05) is 22.0 Å². The summed E-state index contributed by atoms with van der Waals surface area (Å²) in [6.45, 7) is 2.34. The lowest BCUT2D eigenvalue weighted by Crippen LogP contribution is -2.37. The van der Waals surface area contributed by atoms with Crippen molar-refractivity contribution in [1.82, 2.24) is 4.98 Å². The molecule has 1 aliphatic rings. The Bertz CT molecular complexity index is 932. The highest BCUT2D eigenvalue weighted by molar-refractivity contribution is 7.80. The number of hydrogen-bond donors (Lipinski definition) is 2. The fourth-order valence-corrected chi connectivity index (χ4v) is 4.84. The van der Waals surface area contributed by atoms with Crippen molar-refractivity contribution in [3.05, 3.63) is 76.3 Å². The van der Waals surface area contributed by atoms with E-state index >= 15 is 0 Å². The second-order valence-corrected chi connectivity index (χ2v) is 8.90. The van der Waals surface area contributed by atoms with Crippen LogP contribution in [0.25, 0.3) is 0 Å². The third-order valence-electron chi connectivity index (χ3n) is 5.13. The standard InChI is InChI=1S/C21H20ClN3S2/c1-21(15-5-3-2-4-6-15)11-14(12-21)18-13-27-20(24-18)25-19(26)23-17-9-7-16(22)8-10-17/h2-10,13-14H,11-12H2,1H3,(H2,23,24,25,26). The smallest absolute Gasteiger partial charge is 0.189 e. The molecule has 1 aromatic heterocycles. The first-order valence-electron chi connectivity index (χ1n) is 8.86. The Balaban J connectivity index is 1.34. The van der Waals surface area contributed by atoms with Gasteiger partial charge in [0.05, 0.1) is 5.69 Å². The highest BCUT2D eigenvalue weighted by atomic mass is 35.5. The number of benzene rings is 2. The summed E-state index contributed by atoms with van der Waals surface area (Å²) in [5.41, 5.74) is 3.73. The summed E-state index contributed by atoms with van der Waals surface area (Å²) in [6, 6.07) is 18.2. The summed E-state index contributed by atoms with van der Waals surface area (Å²) in [7, 11) is 0. The van der Waals surface area contributed by atoms with Gasteiger partial charge in [-0.3, -0.25) is 0 Å². The Hall–Kier alpha value is -1.95. The van der Waals surface area contributed by atoms with Crippen LogP contribution in [-0.4, -0.2) is 10.1 Å². The van der Waals surface area contributed by atoms with E-state index in [1.165, 1.54) is 5.56 Å². The van der Waals surface area contributed by atoms with Gasteiger partial charge in [-0.1, -0.05) is 48.9 Å². The summed E-state index contributed by atoms with van der Waals surface area (Å²) in [4.78, 5) is 4.75. The van der Waals surface area contributed by atoms with E-state index in [-0.39, 0.29) is 5.41 Å². The Morgan fingerprint density at radius 3 is 2.52 bits per heavy atom. The molecule has 1 saturated carbocycles. The Kier molecular flexibility index (Phi) is 5.17. The molecule has 3 nitrogen and oxygen atoms in total. The minimum Gasteiger partial charge on any atom is -0.332 e. The van der Waals surface area contributed by atoms with Crippen molar-refractivity contribution in [3.63, 3.8) is 0 Å². The predicted octanol–water partition coefficient (Wildman–Crippen LogP) is 6.44. The number of thiazole rings is 1. The topological polar surface area (TPSA) is 37.0 Å². The maximum atomic E-state index is 5.90. The molecule has 2 N–H and O–H groups in total. The minimum absolute atomic E-state index is 0.259. The van der Waals surface area contributed by atoms with Crippen LogP contribution in [-0.2, 0) is 5.41 Å². The SMILES string of the molecule is CC1(c2ccccc2)CC(c2csc(NC(=S)Nc3ccc(Cl)cc3)n2)C1. The summed E-state index contributed by atoms with van der Waals surface area (Å²) in [5.74, 6) is 0.514. The van der Waals surface area contributed by atoms with Crippen molar-refractivity contribution in [2.24, 2.45) is 0 Å². The molecular weight excluding hydrogens is 394 g/mol. The maximum absolute atomic E-state index is 5.90. The normalized spacial score (nSPS) is 21.3. The van der Waals surface area contributed by atoms with Crippen LogP contribution >= 0.6 is 35.2 Å². The van der Waals surface area contributed by atoms with Crippen molar-refractivity contribution in [2.45, 2.75) is 31.1 Å². The van der Waals surface area contributed by atoms with Gasteiger partial charge in [0.25, 0.3) is 0 Å². The molecule has 1 fully saturated rings. The van der Waals surface area contributed by atoms with Crippen LogP contribution in [0.1, 0.15) is 36.9 Å². The fourth-order valence-electron chi connectivity index (χ4n) is 3.64. The molecule has 0 bridgehead atoms. The molecule has 4 rings (SSSR count). The van der Waals surface area contributed by atoms with Crippen molar-refractivity contribution in [2.75, 3.05) is 10.6 Å². The summed E-state index contributed by atoms with van der Waals surface area (Å²) in [6.07, 6.45) is 2.27. The molecule has 27 heavy (non-hydrogen) atoms. The van der Waals surface area contributed by atoms with Crippen molar-refractivity contribution < 1.29 is 0 Å². The largest absolute Gasteiger partial charge is 0.332 e. The maximum Gasteiger partial charge on any atom is 0.189 e. The van der Waals surface area contributed by atoms with Gasteiger partial charge in [-0.2, -0.15) is 0 Å². The van der Waals surface area contributed by atoms with Gasteiger partial charge in [0.1, 0.15) is 0 Å². The van der Waals surface area contributed by atoms with Crippen molar-refractivity contribution in [3.8, 4) is 0 Å². The van der Waals surface area contributed by atoms with Crippen LogP contribution in [0, 0.1) is 0 Å². The van der Waals surface area contributed by atoms with Crippen LogP contribution < -0.4 is 10.6 Å². The number of aromatic nitrogens is 1. The van der Waals surface area contributed by atoms with Gasteiger partial charge in [0.15, 0.2) is 10.2 Å². The van der Waals surface area contributed by atoms with Crippen LogP contribution in [0.4, 0.5) is 10.8 Å². The Labute approximate surface area is 173 Å². The quantitative estimate of drug-likeness (QED) is 0.482. The first kappa shape index (κ1) is 18.4. The van der Waals surface area contributed by atoms with E-state index in [1.54, 1.807) is 11.3 Å². The molecule has 0 atom stereocenters. The van der Waals surface area contributed by atoms with Gasteiger partial charge in [-0.05, 0) is 60.3 Å². The summed E-state index contributed by atoms with van der Waals surface area (Å²) >= 11 is 12.9. The van der Waals surface area contributed by atoms with Gasteiger partial charge >= 0.3 is 0 Å². The lowest BCUT2D eigenvalue weighted by atomic mass is 9.59. The molecule has 2 aromatic carbocycles. The lowest BCUT2D eigenvalue weighted by molar-refractivity contribution is 0.222. The molecular formula is C21H20ClN3S2. The predicted molar refractivity (Wildman–Crippen MR) is 119 cm³/mol. The number of nitrogens with one attached hydrogen (secondary N) is 2. The minimum atomic E-state index is 0.259. The second kappa shape index (κ2) is 7.58. The molecule has 138 valence electrons. The zero-order valence-corrected chi connectivity index (χ0v) is 17.3. The zero-order valence-electron chi connectivity index (χ0n) is 14.9. The molecule has 6 heteroatoms. The molecule has 0 aliphatic heterocycles. The van der Waals surface area contributed by atoms with Crippen LogP contribution in [0.15, 0.2) is 60.0 Å². The highest BCUT2D eigenvalue weighted by Gasteiger charge is 2.43. The molecule has 0 radical (unpaired) electrons. The van der Waals surface area contributed by atoms with E-state index in [2.05, 4.69) is 53.3 Å². The number of anilines is 2. The summed E-state index contributed by atoms with van der Waals surface area (Å²) in [5, 5.41) is 10.5. The van der Waals surface area contributed by atoms with Crippen LogP contribution in [0.5, 0.6) is 0 Å². The first-order chi connectivity index (χ1) is 13.0. The second-order valence-electron chi connectivity index (χ2n) is 7.20. The number of hydrogen-bond acceptors (Lipinski definition) is 3. The molecule has 1 aliphatic carbocycles. The van der Waals surface area contributed by atoms with Gasteiger partial charge in [-0.25, -0.2) is 4.98 Å². The third-order valence-corrected chi connectivity index (χ3v) is 6.36. The Morgan fingerprint density at radius 1 is 1.11 bits per heavy atom. The third kappa shape index (κ3) is 4.15. The van der Waals surface area contributed by atoms with E-state index in [0.29, 0.717) is 16.1 Å². The van der Waals surface area contributed by atoms with E-state index < -0.39 is 0 Å². The fraction of sp³-hybridized carbons (Fsp3) is 0.238. The molecule has 0 unspecified atom stereocenters. The highest BCUT2D eigenvalue weighted by Crippen LogP contribution is 2.52. The van der Waals surface area contributed by atoms with Gasteiger partial charge in [0.2, 0.25) is 0 Å². The molecule has 0 spiro atoms. The number of rotatable bonds is 4. The van der Waals surface area contributed by atoms with E-state index in [9.17, 15) is 0 Å². The summed E-state index contributed by atoms with van der Waals surface area (Å²) < 4.78 is 0. The molecule has 1 heterocycles. The Morgan fingerprint density at radius 2 is 1.81 bits per heavy atom. The van der Waals surface area contributed by atoms with Crippen molar-refractivity contribution >= 4 is 51.1 Å². The first-order valence-corrected chi connectivity index (χ1v) is 10.5. The van der Waals surface area contributed by atoms with E-state index in [1.807, 2.05) is 24.3 Å². The van der Waals surface area contributed by atoms with Crippen LogP contribution in [0.2, 0.25) is 5.02 Å². The monoisotopic (exact) mass is 413 g/mol. The average Bonchev–Trinajstić information content (AvgIpc) is 3.09. The van der Waals surface area contributed by atoms with Crippen LogP contribution in [0.3, 0.4) is 0 Å². The molecule has 3 aromatic rings. The zero-order chi connectivity index (χ0) is 18.9. The number of nitrogens with zero attached hydrogens (tertiary/aromatic N) is 1.